The molecule has 1 aliphatic heterocycles. The number of aromatic nitrogens is 3. The van der Waals surface area contributed by atoms with Crippen molar-refractivity contribution in [2.45, 2.75) is 43.7 Å². The first kappa shape index (κ1) is 17.0. The standard InChI is InChI=1S/C19H20N4O2S/c1-2-9-26-19-22-17-16(18(25)23-19)14(11-5-4-8-20-10-11)15-12(21-17)6-3-7-13(15)24/h4-5,8,10,14H,2-3,6-7,9H2,1H3,(H2,21,22,23,25). The predicted octanol–water partition coefficient (Wildman–Crippen LogP) is 3.23. The number of hydrogen-bond acceptors (Lipinski definition) is 6. The third-order valence-electron chi connectivity index (χ3n) is 4.70. The van der Waals surface area contributed by atoms with Crippen molar-refractivity contribution < 1.29 is 4.79 Å². The highest BCUT2D eigenvalue weighted by Crippen LogP contribution is 2.43. The molecule has 2 N–H and O–H groups in total. The average molecular weight is 368 g/mol. The van der Waals surface area contributed by atoms with Crippen molar-refractivity contribution in [1.29, 1.82) is 0 Å². The number of pyridine rings is 1. The molecule has 134 valence electrons. The number of rotatable bonds is 4. The maximum Gasteiger partial charge on any atom is 0.257 e. The van der Waals surface area contributed by atoms with Crippen LogP contribution >= 0.6 is 11.8 Å². The third kappa shape index (κ3) is 2.96. The van der Waals surface area contributed by atoms with Crippen LogP contribution in [0.1, 0.15) is 49.7 Å². The average Bonchev–Trinajstić information content (AvgIpc) is 2.65. The van der Waals surface area contributed by atoms with Gasteiger partial charge in [0.05, 0.1) is 5.56 Å². The van der Waals surface area contributed by atoms with E-state index in [9.17, 15) is 9.59 Å². The van der Waals surface area contributed by atoms with Crippen LogP contribution in [0.4, 0.5) is 5.82 Å². The molecule has 1 aliphatic carbocycles. The summed E-state index contributed by atoms with van der Waals surface area (Å²) in [6.45, 7) is 2.09. The molecule has 0 saturated carbocycles. The van der Waals surface area contributed by atoms with Gasteiger partial charge in [0.25, 0.3) is 5.56 Å². The first-order valence-electron chi connectivity index (χ1n) is 8.89. The quantitative estimate of drug-likeness (QED) is 0.636. The smallest absolute Gasteiger partial charge is 0.257 e. The lowest BCUT2D eigenvalue weighted by Gasteiger charge is -2.32. The van der Waals surface area contributed by atoms with Crippen LogP contribution in [0.15, 0.2) is 45.7 Å². The van der Waals surface area contributed by atoms with Crippen LogP contribution in [-0.4, -0.2) is 26.5 Å². The van der Waals surface area contributed by atoms with E-state index in [2.05, 4.69) is 27.2 Å². The highest BCUT2D eigenvalue weighted by molar-refractivity contribution is 7.99. The van der Waals surface area contributed by atoms with Crippen molar-refractivity contribution in [2.24, 2.45) is 0 Å². The van der Waals surface area contributed by atoms with Crippen LogP contribution in [0.3, 0.4) is 0 Å². The topological polar surface area (TPSA) is 87.7 Å². The van der Waals surface area contributed by atoms with Gasteiger partial charge in [-0.1, -0.05) is 24.8 Å². The van der Waals surface area contributed by atoms with E-state index in [0.717, 1.165) is 36.3 Å². The van der Waals surface area contributed by atoms with Gasteiger partial charge in [0, 0.05) is 41.8 Å². The lowest BCUT2D eigenvalue weighted by atomic mass is 9.77. The summed E-state index contributed by atoms with van der Waals surface area (Å²) >= 11 is 1.53. The number of allylic oxidation sites excluding steroid dienone is 2. The second-order valence-corrected chi connectivity index (χ2v) is 7.58. The molecule has 6 nitrogen and oxygen atoms in total. The maximum absolute atomic E-state index is 12.9. The zero-order valence-corrected chi connectivity index (χ0v) is 15.4. The van der Waals surface area contributed by atoms with E-state index >= 15 is 0 Å². The fourth-order valence-electron chi connectivity index (χ4n) is 3.59. The number of hydrogen-bond donors (Lipinski definition) is 2. The molecule has 2 aromatic heterocycles. The number of nitrogens with zero attached hydrogens (tertiary/aromatic N) is 2. The van der Waals surface area contributed by atoms with E-state index in [1.54, 1.807) is 12.4 Å². The number of fused-ring (bicyclic) bond motifs is 1. The first-order valence-corrected chi connectivity index (χ1v) is 9.87. The van der Waals surface area contributed by atoms with Crippen molar-refractivity contribution in [2.75, 3.05) is 11.1 Å². The van der Waals surface area contributed by atoms with Crippen molar-refractivity contribution in [1.82, 2.24) is 15.0 Å². The van der Waals surface area contributed by atoms with E-state index in [1.165, 1.54) is 11.8 Å². The number of H-pyrrole nitrogens is 1. The Bertz CT molecular complexity index is 936. The number of Topliss-reactive ketones (excluding diaryl/α,β-unsaturated/α-hetero) is 1. The van der Waals surface area contributed by atoms with Crippen LogP contribution in [0.25, 0.3) is 0 Å². The molecule has 0 amide bonds. The Balaban J connectivity index is 1.89. The molecule has 2 aromatic rings. The van der Waals surface area contributed by atoms with Gasteiger partial charge in [-0.3, -0.25) is 14.6 Å². The number of anilines is 1. The second kappa shape index (κ2) is 7.07. The Morgan fingerprint density at radius 2 is 2.19 bits per heavy atom. The first-order chi connectivity index (χ1) is 12.7. The largest absolute Gasteiger partial charge is 0.343 e. The zero-order chi connectivity index (χ0) is 18.1. The Hall–Kier alpha value is -2.41. The van der Waals surface area contributed by atoms with Gasteiger partial charge >= 0.3 is 0 Å². The molecule has 0 fully saturated rings. The van der Waals surface area contributed by atoms with Gasteiger partial charge in [-0.25, -0.2) is 4.98 Å². The molecular weight excluding hydrogens is 348 g/mol. The highest BCUT2D eigenvalue weighted by atomic mass is 32.2. The molecular formula is C19H20N4O2S. The SMILES string of the molecule is CCCSc1nc2c(c(=O)[nH]1)C(c1cccnc1)C1=C(CCCC1=O)N2. The molecule has 4 rings (SSSR count). The van der Waals surface area contributed by atoms with Crippen LogP contribution in [-0.2, 0) is 4.79 Å². The van der Waals surface area contributed by atoms with Gasteiger partial charge in [0.1, 0.15) is 5.82 Å². The minimum Gasteiger partial charge on any atom is -0.343 e. The third-order valence-corrected chi connectivity index (χ3v) is 5.78. The number of thioether (sulfide) groups is 1. The van der Waals surface area contributed by atoms with Crippen LogP contribution in [0.2, 0.25) is 0 Å². The molecule has 0 bridgehead atoms. The van der Waals surface area contributed by atoms with Crippen LogP contribution < -0.4 is 10.9 Å². The fourth-order valence-corrected chi connectivity index (χ4v) is 4.31. The Morgan fingerprint density at radius 1 is 1.31 bits per heavy atom. The molecule has 0 radical (unpaired) electrons. The summed E-state index contributed by atoms with van der Waals surface area (Å²) in [5.74, 6) is 1.14. The number of nitrogens with one attached hydrogen (secondary N) is 2. The van der Waals surface area contributed by atoms with Crippen molar-refractivity contribution in [3.63, 3.8) is 0 Å². The number of carbonyl (C=O) groups excluding carboxylic acids is 1. The lowest BCUT2D eigenvalue weighted by Crippen LogP contribution is -2.32. The zero-order valence-electron chi connectivity index (χ0n) is 14.5. The highest BCUT2D eigenvalue weighted by Gasteiger charge is 2.37. The monoisotopic (exact) mass is 368 g/mol. The molecule has 26 heavy (non-hydrogen) atoms. The van der Waals surface area contributed by atoms with E-state index in [1.807, 2.05) is 12.1 Å². The van der Waals surface area contributed by atoms with E-state index < -0.39 is 5.92 Å². The van der Waals surface area contributed by atoms with E-state index in [-0.39, 0.29) is 11.3 Å². The fraction of sp³-hybridized carbons (Fsp3) is 0.368. The molecule has 0 aromatic carbocycles. The van der Waals surface area contributed by atoms with Gasteiger partial charge in [0.15, 0.2) is 10.9 Å². The van der Waals surface area contributed by atoms with Crippen molar-refractivity contribution >= 4 is 23.4 Å². The molecule has 2 aliphatic rings. The number of carbonyl (C=O) groups is 1. The summed E-state index contributed by atoms with van der Waals surface area (Å²) in [5, 5.41) is 3.89. The second-order valence-electron chi connectivity index (χ2n) is 6.50. The van der Waals surface area contributed by atoms with Gasteiger partial charge in [-0.05, 0) is 30.9 Å². The van der Waals surface area contributed by atoms with Gasteiger partial charge in [-0.2, -0.15) is 0 Å². The van der Waals surface area contributed by atoms with Gasteiger partial charge < -0.3 is 10.3 Å². The Labute approximate surface area is 155 Å². The van der Waals surface area contributed by atoms with E-state index in [4.69, 9.17) is 0 Å². The van der Waals surface area contributed by atoms with Gasteiger partial charge in [0.2, 0.25) is 0 Å². The molecule has 7 heteroatoms. The van der Waals surface area contributed by atoms with Gasteiger partial charge in [-0.15, -0.1) is 0 Å². The summed E-state index contributed by atoms with van der Waals surface area (Å²) in [6, 6.07) is 3.75. The summed E-state index contributed by atoms with van der Waals surface area (Å²) in [4.78, 5) is 37.3. The minimum absolute atomic E-state index is 0.0992. The van der Waals surface area contributed by atoms with Crippen molar-refractivity contribution in [3.05, 3.63) is 57.3 Å². The molecule has 0 saturated heterocycles. The number of ketones is 1. The molecule has 0 spiro atoms. The molecule has 3 heterocycles. The summed E-state index contributed by atoms with van der Waals surface area (Å²) in [5.41, 5.74) is 2.75. The minimum atomic E-state index is -0.413. The summed E-state index contributed by atoms with van der Waals surface area (Å²) in [7, 11) is 0. The Morgan fingerprint density at radius 3 is 2.96 bits per heavy atom. The molecule has 1 atom stereocenters. The Kier molecular flexibility index (Phi) is 4.63. The van der Waals surface area contributed by atoms with E-state index in [0.29, 0.717) is 28.5 Å². The summed E-state index contributed by atoms with van der Waals surface area (Å²) < 4.78 is 0. The van der Waals surface area contributed by atoms with Crippen molar-refractivity contribution in [3.8, 4) is 0 Å². The molecule has 1 unspecified atom stereocenters. The van der Waals surface area contributed by atoms with Crippen LogP contribution in [0.5, 0.6) is 0 Å². The normalized spacial score (nSPS) is 19.0. The summed E-state index contributed by atoms with van der Waals surface area (Å²) in [6.07, 6.45) is 6.55. The number of aromatic amines is 1. The maximum atomic E-state index is 12.9. The lowest BCUT2D eigenvalue weighted by molar-refractivity contribution is -0.116. The van der Waals surface area contributed by atoms with Crippen LogP contribution in [0, 0.1) is 0 Å². The predicted molar refractivity (Wildman–Crippen MR) is 101 cm³/mol.